The van der Waals surface area contributed by atoms with E-state index in [2.05, 4.69) is 60.7 Å². The summed E-state index contributed by atoms with van der Waals surface area (Å²) < 4.78 is 0. The monoisotopic (exact) mass is 732 g/mol. The molecule has 0 radical (unpaired) electrons. The van der Waals surface area contributed by atoms with Crippen molar-refractivity contribution in [1.82, 2.24) is 0 Å². The van der Waals surface area contributed by atoms with Gasteiger partial charge in [0.2, 0.25) is 0 Å². The van der Waals surface area contributed by atoms with Gasteiger partial charge in [-0.15, -0.1) is 0 Å². The van der Waals surface area contributed by atoms with Crippen LogP contribution in [-0.4, -0.2) is 12.6 Å². The van der Waals surface area contributed by atoms with Gasteiger partial charge in [0, 0.05) is 23.7 Å². The Morgan fingerprint density at radius 3 is 1.62 bits per heavy atom. The van der Waals surface area contributed by atoms with Crippen molar-refractivity contribution in [3.05, 3.63) is 42.0 Å². The van der Waals surface area contributed by atoms with Gasteiger partial charge in [0.1, 0.15) is 0 Å². The van der Waals surface area contributed by atoms with Gasteiger partial charge in [0.15, 0.2) is 0 Å². The molecule has 16 aliphatic carbocycles. The summed E-state index contributed by atoms with van der Waals surface area (Å²) in [7, 11) is 0. The lowest BCUT2D eigenvalue weighted by Gasteiger charge is -2.64. The molecular weight excluding hydrogens is 663 g/mol. The molecule has 30 unspecified atom stereocenters. The minimum absolute atomic E-state index is 0.419. The van der Waals surface area contributed by atoms with Crippen molar-refractivity contribution in [2.24, 2.45) is 171 Å². The Kier molecular flexibility index (Phi) is 5.42. The van der Waals surface area contributed by atoms with E-state index in [1.807, 2.05) is 0 Å². The number of rotatable bonds is 9. The zero-order valence-electron chi connectivity index (χ0n) is 34.1. The van der Waals surface area contributed by atoms with Crippen molar-refractivity contribution >= 4 is 5.69 Å². The first-order chi connectivity index (χ1) is 27.2. The molecule has 290 valence electrons. The van der Waals surface area contributed by atoms with Crippen LogP contribution in [0.5, 0.6) is 0 Å². The Balaban J connectivity index is 0.932. The van der Waals surface area contributed by atoms with Gasteiger partial charge in [0.25, 0.3) is 0 Å². The van der Waals surface area contributed by atoms with E-state index in [4.69, 9.17) is 0 Å². The first kappa shape index (κ1) is 30.8. The predicted octanol–water partition coefficient (Wildman–Crippen LogP) is 11.4. The highest BCUT2D eigenvalue weighted by molar-refractivity contribution is 5.50. The zero-order chi connectivity index (χ0) is 35.1. The summed E-state index contributed by atoms with van der Waals surface area (Å²) in [5, 5.41) is 0. The van der Waals surface area contributed by atoms with Crippen molar-refractivity contribution in [2.75, 3.05) is 11.4 Å². The van der Waals surface area contributed by atoms with Gasteiger partial charge >= 0.3 is 0 Å². The molecule has 1 heteroatoms. The van der Waals surface area contributed by atoms with Crippen LogP contribution in [0.15, 0.2) is 42.0 Å². The van der Waals surface area contributed by atoms with Crippen molar-refractivity contribution < 1.29 is 0 Å². The topological polar surface area (TPSA) is 3.24 Å². The lowest BCUT2D eigenvalue weighted by molar-refractivity contribution is -0.156. The normalized spacial score (nSPS) is 66.7. The second-order valence-corrected chi connectivity index (χ2v) is 25.5. The number of anilines is 1. The number of allylic oxidation sites excluding steroid dienone is 1. The third-order valence-electron chi connectivity index (χ3n) is 25.7. The van der Waals surface area contributed by atoms with Gasteiger partial charge in [-0.1, -0.05) is 62.5 Å². The molecule has 0 amide bonds. The maximum absolute atomic E-state index is 3.31. The maximum Gasteiger partial charge on any atom is 0.0383 e. The van der Waals surface area contributed by atoms with E-state index in [-0.39, 0.29) is 0 Å². The summed E-state index contributed by atoms with van der Waals surface area (Å²) in [4.78, 5) is 3.07. The standard InChI is InChI=1S/C54H69N/c1-3-5-6-10-13-32(55(4-2)31-11-8-7-9-12-31)54-21-29-19-27-17-25-16-26-15-23-14-24-18-28-20-30(22-54)40-45-38(28)43-34(24)33(23)41-37(26)42-35(25)36(27)44-39(29)52(53(40)54)51-49(44)47(42)46(41)48(43)50(45)51/h7-9,11-12,22-29,32-53H,3-6,10,13-21H2,1-2H3. The van der Waals surface area contributed by atoms with Crippen LogP contribution in [0.25, 0.3) is 0 Å². The Bertz CT molecular complexity index is 1910. The molecule has 15 saturated carbocycles. The predicted molar refractivity (Wildman–Crippen MR) is 217 cm³/mol. The fraction of sp³-hybridized carbons (Fsp3) is 0.852. The van der Waals surface area contributed by atoms with Crippen molar-refractivity contribution in [2.45, 2.75) is 103 Å². The third kappa shape index (κ3) is 3.00. The second kappa shape index (κ2) is 9.69. The molecule has 0 saturated heterocycles. The zero-order valence-corrected chi connectivity index (χ0v) is 34.1. The summed E-state index contributed by atoms with van der Waals surface area (Å²) in [6, 6.07) is 12.8. The molecule has 0 aromatic heterocycles. The lowest BCUT2D eigenvalue weighted by Crippen LogP contribution is -2.63. The number of nitrogens with zero attached hydrogens (tertiary/aromatic N) is 1. The highest BCUT2D eigenvalue weighted by atomic mass is 15.2. The van der Waals surface area contributed by atoms with Gasteiger partial charge < -0.3 is 4.90 Å². The molecule has 0 heterocycles. The van der Waals surface area contributed by atoms with E-state index in [9.17, 15) is 0 Å². The summed E-state index contributed by atoms with van der Waals surface area (Å²) >= 11 is 0. The van der Waals surface area contributed by atoms with Gasteiger partial charge in [-0.05, 0) is 243 Å². The Hall–Kier alpha value is -1.24. The summed E-state index contributed by atoms with van der Waals surface area (Å²) in [6.45, 7) is 6.18. The van der Waals surface area contributed by atoms with Crippen molar-refractivity contribution in [1.29, 1.82) is 0 Å². The minimum atomic E-state index is 0.419. The summed E-state index contributed by atoms with van der Waals surface area (Å²) in [6.07, 6.45) is 23.9. The van der Waals surface area contributed by atoms with Gasteiger partial charge in [0.05, 0.1) is 0 Å². The first-order valence-corrected chi connectivity index (χ1v) is 25.7. The van der Waals surface area contributed by atoms with Crippen LogP contribution in [0.3, 0.4) is 0 Å². The van der Waals surface area contributed by atoms with E-state index in [1.54, 1.807) is 57.1 Å². The lowest BCUT2D eigenvalue weighted by atomic mass is 9.41. The molecule has 1 aromatic rings. The molecular formula is C54H69N. The molecule has 0 bridgehead atoms. The van der Waals surface area contributed by atoms with E-state index < -0.39 is 0 Å². The smallest absolute Gasteiger partial charge is 0.0383 e. The second-order valence-electron chi connectivity index (χ2n) is 25.5. The molecule has 1 aromatic carbocycles. The van der Waals surface area contributed by atoms with Crippen LogP contribution in [0.2, 0.25) is 0 Å². The molecule has 55 heavy (non-hydrogen) atoms. The molecule has 15 fully saturated rings. The fourth-order valence-corrected chi connectivity index (χ4v) is 27.0. The molecule has 17 rings (SSSR count). The van der Waals surface area contributed by atoms with E-state index in [0.29, 0.717) is 11.5 Å². The Morgan fingerprint density at radius 1 is 0.527 bits per heavy atom. The van der Waals surface area contributed by atoms with Gasteiger partial charge in [-0.25, -0.2) is 0 Å². The average Bonchev–Trinajstić information content (AvgIpc) is 4.03. The number of hydrogen-bond acceptors (Lipinski definition) is 1. The average molecular weight is 732 g/mol. The Morgan fingerprint density at radius 2 is 1.02 bits per heavy atom. The van der Waals surface area contributed by atoms with E-state index >= 15 is 0 Å². The van der Waals surface area contributed by atoms with Crippen LogP contribution in [0.1, 0.15) is 97.3 Å². The molecule has 16 aliphatic rings. The van der Waals surface area contributed by atoms with E-state index in [0.717, 1.165) is 76.9 Å². The maximum atomic E-state index is 3.31. The highest BCUT2D eigenvalue weighted by Crippen LogP contribution is 2.92. The first-order valence-electron chi connectivity index (χ1n) is 25.7. The SMILES string of the molecule is CCCCCCC(N(CC)c1ccccc1)C12C=C3CC4CC5CC6CC7CC8CC9CC(C1)C1C%10C9C8C8C7C7C6C5C5C4C4C3C2C1C1C4C5C7C8C%101. The molecule has 0 N–H and O–H groups in total. The molecule has 0 aliphatic heterocycles. The number of benzene rings is 1. The summed E-state index contributed by atoms with van der Waals surface area (Å²) in [5.74, 6) is 32.3. The molecule has 30 atom stereocenters. The Labute approximate surface area is 332 Å². The van der Waals surface area contributed by atoms with Gasteiger partial charge in [-0.3, -0.25) is 0 Å². The van der Waals surface area contributed by atoms with Crippen molar-refractivity contribution in [3.63, 3.8) is 0 Å². The van der Waals surface area contributed by atoms with Crippen LogP contribution >= 0.6 is 0 Å². The van der Waals surface area contributed by atoms with Gasteiger partial charge in [-0.2, -0.15) is 0 Å². The molecule has 0 spiro atoms. The summed E-state index contributed by atoms with van der Waals surface area (Å²) in [5.41, 5.74) is 4.11. The van der Waals surface area contributed by atoms with Crippen LogP contribution in [0.4, 0.5) is 5.69 Å². The number of unbranched alkanes of at least 4 members (excludes halogenated alkanes) is 3. The van der Waals surface area contributed by atoms with Crippen LogP contribution in [-0.2, 0) is 0 Å². The highest BCUT2D eigenvalue weighted by Gasteiger charge is 2.88. The number of hydrogen-bond donors (Lipinski definition) is 0. The molecule has 1 nitrogen and oxygen atoms in total. The quantitative estimate of drug-likeness (QED) is 0.181. The van der Waals surface area contributed by atoms with E-state index in [1.165, 1.54) is 127 Å². The minimum Gasteiger partial charge on any atom is -0.368 e. The van der Waals surface area contributed by atoms with Crippen molar-refractivity contribution in [3.8, 4) is 0 Å². The van der Waals surface area contributed by atoms with Crippen LogP contribution in [0, 0.1) is 171 Å². The fourth-order valence-electron chi connectivity index (χ4n) is 27.0. The third-order valence-corrected chi connectivity index (χ3v) is 25.7. The van der Waals surface area contributed by atoms with Crippen LogP contribution < -0.4 is 4.90 Å². The number of para-hydroxylation sites is 1. The largest absolute Gasteiger partial charge is 0.368 e.